The molecule has 0 amide bonds. The molecule has 2 aromatic heterocycles. The van der Waals surface area contributed by atoms with E-state index in [9.17, 15) is 14.4 Å². The van der Waals surface area contributed by atoms with Crippen LogP contribution in [0.3, 0.4) is 0 Å². The molecule has 0 aromatic carbocycles. The van der Waals surface area contributed by atoms with Crippen LogP contribution in [0, 0.1) is 0 Å². The van der Waals surface area contributed by atoms with Crippen LogP contribution < -0.4 is 0 Å². The number of aromatic nitrogens is 2. The number of hydrogen-bond donors (Lipinski definition) is 3. The quantitative estimate of drug-likeness (QED) is 0.767. The Morgan fingerprint density at radius 1 is 0.857 bits per heavy atom. The molecule has 8 heteroatoms. The molecule has 0 aliphatic heterocycles. The van der Waals surface area contributed by atoms with Gasteiger partial charge in [0, 0.05) is 18.6 Å². The van der Waals surface area contributed by atoms with Crippen LogP contribution in [0.5, 0.6) is 0 Å². The molecular formula is C13H10N2O6. The van der Waals surface area contributed by atoms with Gasteiger partial charge in [-0.05, 0) is 24.3 Å². The fraction of sp³-hybridized carbons (Fsp3) is 0. The van der Waals surface area contributed by atoms with Crippen molar-refractivity contribution in [1.82, 2.24) is 9.97 Å². The molecule has 0 unspecified atom stereocenters. The third kappa shape index (κ3) is 4.71. The molecule has 0 fully saturated rings. The average molecular weight is 290 g/mol. The van der Waals surface area contributed by atoms with Crippen LogP contribution in [-0.4, -0.2) is 43.2 Å². The fourth-order valence-corrected chi connectivity index (χ4v) is 1.24. The lowest BCUT2D eigenvalue weighted by Crippen LogP contribution is -2.09. The molecule has 0 aliphatic rings. The summed E-state index contributed by atoms with van der Waals surface area (Å²) in [7, 11) is 0. The van der Waals surface area contributed by atoms with Gasteiger partial charge in [0.1, 0.15) is 0 Å². The van der Waals surface area contributed by atoms with Gasteiger partial charge in [-0.2, -0.15) is 0 Å². The van der Waals surface area contributed by atoms with Crippen LogP contribution >= 0.6 is 0 Å². The van der Waals surface area contributed by atoms with Crippen molar-refractivity contribution in [2.45, 2.75) is 0 Å². The molecule has 0 saturated heterocycles. The van der Waals surface area contributed by atoms with Crippen LogP contribution in [0.25, 0.3) is 0 Å². The van der Waals surface area contributed by atoms with Crippen molar-refractivity contribution in [2.24, 2.45) is 0 Å². The Morgan fingerprint density at radius 3 is 1.90 bits per heavy atom. The largest absolute Gasteiger partial charge is 0.478 e. The van der Waals surface area contributed by atoms with E-state index in [2.05, 4.69) is 9.97 Å². The van der Waals surface area contributed by atoms with Crippen LogP contribution in [0.4, 0.5) is 0 Å². The highest BCUT2D eigenvalue weighted by Crippen LogP contribution is 2.04. The predicted octanol–water partition coefficient (Wildman–Crippen LogP) is 1.26. The number of aromatic carboxylic acids is 3. The molecule has 0 bridgehead atoms. The van der Waals surface area contributed by atoms with Crippen molar-refractivity contribution in [3.63, 3.8) is 0 Å². The standard InChI is InChI=1S/C7H5NO4.C6H5NO2/c9-6(10)4-2-1-3-8-5(4)7(11)12;8-6(9)5-2-1-3-7-4-5/h1-3H,(H,9,10)(H,11,12);1-4H,(H,8,9). The first-order valence-electron chi connectivity index (χ1n) is 5.48. The van der Waals surface area contributed by atoms with Crippen molar-refractivity contribution in [1.29, 1.82) is 0 Å². The van der Waals surface area contributed by atoms with Gasteiger partial charge in [-0.15, -0.1) is 0 Å². The molecule has 2 heterocycles. The topological polar surface area (TPSA) is 138 Å². The van der Waals surface area contributed by atoms with Gasteiger partial charge in [0.05, 0.1) is 11.1 Å². The summed E-state index contributed by atoms with van der Waals surface area (Å²) in [6.45, 7) is 0. The molecule has 2 rings (SSSR count). The SMILES string of the molecule is O=C(O)c1cccnc1.O=C(O)c1cccnc1C(=O)O. The molecule has 0 aliphatic carbocycles. The number of carboxylic acid groups (broad SMARTS) is 3. The van der Waals surface area contributed by atoms with E-state index < -0.39 is 23.6 Å². The Morgan fingerprint density at radius 2 is 1.52 bits per heavy atom. The second kappa shape index (κ2) is 7.34. The highest BCUT2D eigenvalue weighted by atomic mass is 16.4. The van der Waals surface area contributed by atoms with Crippen LogP contribution in [0.2, 0.25) is 0 Å². The normalized spacial score (nSPS) is 9.14. The van der Waals surface area contributed by atoms with Crippen molar-refractivity contribution < 1.29 is 29.7 Å². The van der Waals surface area contributed by atoms with Crippen molar-refractivity contribution in [3.05, 3.63) is 59.7 Å². The molecule has 0 atom stereocenters. The summed E-state index contributed by atoms with van der Waals surface area (Å²) in [4.78, 5) is 38.0. The lowest BCUT2D eigenvalue weighted by Gasteiger charge is -1.97. The van der Waals surface area contributed by atoms with E-state index in [-0.39, 0.29) is 11.1 Å². The maximum absolute atomic E-state index is 10.4. The first kappa shape index (κ1) is 15.8. The highest BCUT2D eigenvalue weighted by Gasteiger charge is 2.15. The molecule has 0 saturated carbocycles. The van der Waals surface area contributed by atoms with Gasteiger partial charge in [0.15, 0.2) is 5.69 Å². The lowest BCUT2D eigenvalue weighted by molar-refractivity contribution is 0.0646. The average Bonchev–Trinajstić information content (AvgIpc) is 2.48. The summed E-state index contributed by atoms with van der Waals surface area (Å²) in [6.07, 6.45) is 4.07. The number of carbonyl (C=O) groups is 3. The van der Waals surface area contributed by atoms with Gasteiger partial charge in [-0.25, -0.2) is 19.4 Å². The predicted molar refractivity (Wildman–Crippen MR) is 69.4 cm³/mol. The molecule has 8 nitrogen and oxygen atoms in total. The number of hydrogen-bond acceptors (Lipinski definition) is 5. The molecule has 0 radical (unpaired) electrons. The van der Waals surface area contributed by atoms with Gasteiger partial charge >= 0.3 is 17.9 Å². The van der Waals surface area contributed by atoms with Crippen molar-refractivity contribution in [2.75, 3.05) is 0 Å². The van der Waals surface area contributed by atoms with Gasteiger partial charge < -0.3 is 15.3 Å². The molecule has 0 spiro atoms. The zero-order chi connectivity index (χ0) is 15.8. The molecule has 108 valence electrons. The maximum atomic E-state index is 10.4. The fourth-order valence-electron chi connectivity index (χ4n) is 1.24. The van der Waals surface area contributed by atoms with Gasteiger partial charge in [-0.1, -0.05) is 0 Å². The molecule has 21 heavy (non-hydrogen) atoms. The second-order valence-electron chi connectivity index (χ2n) is 3.56. The minimum Gasteiger partial charge on any atom is -0.478 e. The number of pyridine rings is 2. The molecule has 3 N–H and O–H groups in total. The number of nitrogens with zero attached hydrogens (tertiary/aromatic N) is 2. The Kier molecular flexibility index (Phi) is 5.51. The minimum atomic E-state index is -1.34. The van der Waals surface area contributed by atoms with E-state index in [1.165, 1.54) is 36.8 Å². The molecule has 2 aromatic rings. The van der Waals surface area contributed by atoms with E-state index >= 15 is 0 Å². The summed E-state index contributed by atoms with van der Waals surface area (Å²) in [5.74, 6) is -3.57. The summed E-state index contributed by atoms with van der Waals surface area (Å²) in [5, 5.41) is 25.3. The Hall–Kier alpha value is -3.29. The summed E-state index contributed by atoms with van der Waals surface area (Å²) in [6, 6.07) is 5.65. The van der Waals surface area contributed by atoms with Gasteiger partial charge in [0.2, 0.25) is 0 Å². The number of carboxylic acids is 3. The van der Waals surface area contributed by atoms with Crippen molar-refractivity contribution >= 4 is 17.9 Å². The Bertz CT molecular complexity index is 624. The monoisotopic (exact) mass is 290 g/mol. The third-order valence-corrected chi connectivity index (χ3v) is 2.15. The Labute approximate surface area is 118 Å². The number of rotatable bonds is 3. The van der Waals surface area contributed by atoms with Crippen LogP contribution in [-0.2, 0) is 0 Å². The smallest absolute Gasteiger partial charge is 0.355 e. The van der Waals surface area contributed by atoms with E-state index in [0.717, 1.165) is 0 Å². The van der Waals surface area contributed by atoms with E-state index in [1.54, 1.807) is 6.07 Å². The van der Waals surface area contributed by atoms with E-state index in [1.807, 2.05) is 0 Å². The first-order chi connectivity index (χ1) is 9.93. The van der Waals surface area contributed by atoms with E-state index in [0.29, 0.717) is 0 Å². The summed E-state index contributed by atoms with van der Waals surface area (Å²) >= 11 is 0. The minimum absolute atomic E-state index is 0.220. The maximum Gasteiger partial charge on any atom is 0.355 e. The van der Waals surface area contributed by atoms with Gasteiger partial charge in [-0.3, -0.25) is 4.98 Å². The van der Waals surface area contributed by atoms with Crippen molar-refractivity contribution in [3.8, 4) is 0 Å². The van der Waals surface area contributed by atoms with Crippen LogP contribution in [0.1, 0.15) is 31.2 Å². The lowest BCUT2D eigenvalue weighted by atomic mass is 10.2. The molecular weight excluding hydrogens is 280 g/mol. The van der Waals surface area contributed by atoms with E-state index in [4.69, 9.17) is 15.3 Å². The van der Waals surface area contributed by atoms with Gasteiger partial charge in [0.25, 0.3) is 0 Å². The second-order valence-corrected chi connectivity index (χ2v) is 3.56. The highest BCUT2D eigenvalue weighted by molar-refractivity contribution is 6.00. The third-order valence-electron chi connectivity index (χ3n) is 2.15. The summed E-state index contributed by atoms with van der Waals surface area (Å²) < 4.78 is 0. The summed E-state index contributed by atoms with van der Waals surface area (Å²) in [5.41, 5.74) is -0.521. The van der Waals surface area contributed by atoms with Crippen LogP contribution in [0.15, 0.2) is 42.9 Å². The zero-order valence-electron chi connectivity index (χ0n) is 10.5. The zero-order valence-corrected chi connectivity index (χ0v) is 10.5. The first-order valence-corrected chi connectivity index (χ1v) is 5.48. The Balaban J connectivity index is 0.000000219.